The minimum Gasteiger partial charge on any atom is -0.352 e. The van der Waals surface area contributed by atoms with Crippen molar-refractivity contribution in [3.05, 3.63) is 94.5 Å². The molecule has 4 rings (SSSR count). The molecule has 0 spiro atoms. The van der Waals surface area contributed by atoms with Gasteiger partial charge in [-0.05, 0) is 68.1 Å². The fourth-order valence-electron chi connectivity index (χ4n) is 5.04. The van der Waals surface area contributed by atoms with Crippen LogP contribution in [0.25, 0.3) is 0 Å². The van der Waals surface area contributed by atoms with E-state index in [0.717, 1.165) is 45.6 Å². The Morgan fingerprint density at radius 2 is 1.57 bits per heavy atom. The van der Waals surface area contributed by atoms with E-state index < -0.39 is 28.5 Å². The highest BCUT2D eigenvalue weighted by Crippen LogP contribution is 2.27. The van der Waals surface area contributed by atoms with Crippen molar-refractivity contribution >= 4 is 43.5 Å². The van der Waals surface area contributed by atoms with Crippen molar-refractivity contribution in [3.63, 3.8) is 0 Å². The van der Waals surface area contributed by atoms with Crippen LogP contribution < -0.4 is 9.62 Å². The van der Waals surface area contributed by atoms with Crippen molar-refractivity contribution in [1.29, 1.82) is 0 Å². The van der Waals surface area contributed by atoms with Crippen molar-refractivity contribution in [3.8, 4) is 0 Å². The first kappa shape index (κ1) is 29.8. The van der Waals surface area contributed by atoms with Crippen LogP contribution in [0.15, 0.2) is 88.2 Å². The Hall–Kier alpha value is -3.17. The Morgan fingerprint density at radius 1 is 0.950 bits per heavy atom. The third-order valence-corrected chi connectivity index (χ3v) is 9.60. The maximum atomic E-state index is 14.1. The van der Waals surface area contributed by atoms with Gasteiger partial charge < -0.3 is 10.2 Å². The lowest BCUT2D eigenvalue weighted by Crippen LogP contribution is -2.53. The number of nitrogens with one attached hydrogen (secondary N) is 1. The number of hydrogen-bond donors (Lipinski definition) is 1. The molecule has 2 amide bonds. The average molecular weight is 627 g/mol. The molecule has 0 unspecified atom stereocenters. The van der Waals surface area contributed by atoms with Gasteiger partial charge in [0.2, 0.25) is 11.8 Å². The fourth-order valence-corrected chi connectivity index (χ4v) is 6.72. The first-order valence-electron chi connectivity index (χ1n) is 13.7. The molecule has 7 nitrogen and oxygen atoms in total. The van der Waals surface area contributed by atoms with Crippen LogP contribution >= 0.6 is 15.9 Å². The predicted octanol–water partition coefficient (Wildman–Crippen LogP) is 5.82. The predicted molar refractivity (Wildman–Crippen MR) is 161 cm³/mol. The Labute approximate surface area is 245 Å². The highest BCUT2D eigenvalue weighted by Gasteiger charge is 2.34. The molecule has 1 fully saturated rings. The molecule has 212 valence electrons. The summed E-state index contributed by atoms with van der Waals surface area (Å²) in [6.45, 7) is 3.50. The number of amides is 2. The summed E-state index contributed by atoms with van der Waals surface area (Å²) in [6.07, 6.45) is 4.42. The molecule has 40 heavy (non-hydrogen) atoms. The first-order valence-corrected chi connectivity index (χ1v) is 15.9. The SMILES string of the molecule is CC[C@H](C(=O)NC1CCCC1)N(Cc1ccccc1)C(=O)CN(c1ccc(Br)cc1)S(=O)(=O)c1ccc(C)cc1. The molecule has 0 radical (unpaired) electrons. The van der Waals surface area contributed by atoms with Gasteiger partial charge in [0, 0.05) is 17.1 Å². The van der Waals surface area contributed by atoms with E-state index in [1.165, 1.54) is 4.90 Å². The van der Waals surface area contributed by atoms with Gasteiger partial charge in [0.25, 0.3) is 10.0 Å². The minimum atomic E-state index is -4.09. The topological polar surface area (TPSA) is 86.8 Å². The summed E-state index contributed by atoms with van der Waals surface area (Å²) in [5.41, 5.74) is 2.15. The van der Waals surface area contributed by atoms with Crippen molar-refractivity contribution in [2.24, 2.45) is 0 Å². The second-order valence-electron chi connectivity index (χ2n) is 10.2. The summed E-state index contributed by atoms with van der Waals surface area (Å²) in [7, 11) is -4.09. The molecule has 1 aliphatic carbocycles. The highest BCUT2D eigenvalue weighted by atomic mass is 79.9. The summed E-state index contributed by atoms with van der Waals surface area (Å²) in [5.74, 6) is -0.647. The average Bonchev–Trinajstić information content (AvgIpc) is 3.46. The second kappa shape index (κ2) is 13.5. The zero-order valence-corrected chi connectivity index (χ0v) is 25.3. The molecule has 0 aliphatic heterocycles. The normalized spacial score (nSPS) is 14.5. The van der Waals surface area contributed by atoms with Crippen LogP contribution in [-0.2, 0) is 26.2 Å². The van der Waals surface area contributed by atoms with Crippen LogP contribution in [0, 0.1) is 6.92 Å². The number of anilines is 1. The Kier molecular flexibility index (Phi) is 10.0. The molecule has 0 aromatic heterocycles. The molecule has 0 saturated heterocycles. The van der Waals surface area contributed by atoms with E-state index in [1.54, 1.807) is 48.5 Å². The Balaban J connectivity index is 1.69. The fraction of sp³-hybridized carbons (Fsp3) is 0.355. The van der Waals surface area contributed by atoms with E-state index in [2.05, 4.69) is 21.2 Å². The van der Waals surface area contributed by atoms with Crippen molar-refractivity contribution in [1.82, 2.24) is 10.2 Å². The number of carbonyl (C=O) groups excluding carboxylic acids is 2. The van der Waals surface area contributed by atoms with Gasteiger partial charge in [-0.15, -0.1) is 0 Å². The van der Waals surface area contributed by atoms with Gasteiger partial charge in [-0.1, -0.05) is 83.7 Å². The smallest absolute Gasteiger partial charge is 0.264 e. The standard InChI is InChI=1S/C31H36BrN3O4S/c1-3-29(31(37)33-26-11-7-8-12-26)34(21-24-9-5-4-6-10-24)30(36)22-35(27-17-15-25(32)16-18-27)40(38,39)28-19-13-23(2)14-20-28/h4-6,9-10,13-20,26,29H,3,7-8,11-12,21-22H2,1-2H3,(H,33,37)/t29-/m1/s1. The molecule has 0 bridgehead atoms. The number of benzene rings is 3. The lowest BCUT2D eigenvalue weighted by atomic mass is 10.1. The third kappa shape index (κ3) is 7.31. The van der Waals surface area contributed by atoms with Gasteiger partial charge in [-0.3, -0.25) is 13.9 Å². The summed E-state index contributed by atoms with van der Waals surface area (Å²) >= 11 is 3.40. The Bertz CT molecular complexity index is 1390. The van der Waals surface area contributed by atoms with Gasteiger partial charge in [0.05, 0.1) is 10.6 Å². The van der Waals surface area contributed by atoms with Crippen LogP contribution in [0.4, 0.5) is 5.69 Å². The van der Waals surface area contributed by atoms with E-state index in [9.17, 15) is 18.0 Å². The van der Waals surface area contributed by atoms with Crippen LogP contribution in [0.5, 0.6) is 0 Å². The number of aryl methyl sites for hydroxylation is 1. The lowest BCUT2D eigenvalue weighted by Gasteiger charge is -2.33. The third-order valence-electron chi connectivity index (χ3n) is 7.29. The molecule has 1 aliphatic rings. The largest absolute Gasteiger partial charge is 0.352 e. The van der Waals surface area contributed by atoms with Crippen molar-refractivity contribution < 1.29 is 18.0 Å². The van der Waals surface area contributed by atoms with Crippen LogP contribution in [-0.4, -0.2) is 43.8 Å². The lowest BCUT2D eigenvalue weighted by molar-refractivity contribution is -0.140. The van der Waals surface area contributed by atoms with Gasteiger partial charge in [0.15, 0.2) is 0 Å². The number of hydrogen-bond acceptors (Lipinski definition) is 4. The number of carbonyl (C=O) groups is 2. The van der Waals surface area contributed by atoms with E-state index in [1.807, 2.05) is 44.2 Å². The van der Waals surface area contributed by atoms with E-state index in [4.69, 9.17) is 0 Å². The molecule has 1 saturated carbocycles. The molecule has 9 heteroatoms. The minimum absolute atomic E-state index is 0.0921. The summed E-state index contributed by atoms with van der Waals surface area (Å²) in [6, 6.07) is 22.2. The van der Waals surface area contributed by atoms with Gasteiger partial charge in [0.1, 0.15) is 12.6 Å². The molecule has 1 atom stereocenters. The summed E-state index contributed by atoms with van der Waals surface area (Å²) in [5, 5.41) is 3.13. The maximum Gasteiger partial charge on any atom is 0.264 e. The van der Waals surface area contributed by atoms with Crippen LogP contribution in [0.2, 0.25) is 0 Å². The summed E-state index contributed by atoms with van der Waals surface area (Å²) in [4.78, 5) is 29.2. The van der Waals surface area contributed by atoms with E-state index in [0.29, 0.717) is 12.1 Å². The molecular weight excluding hydrogens is 590 g/mol. The van der Waals surface area contributed by atoms with E-state index >= 15 is 0 Å². The van der Waals surface area contributed by atoms with Crippen LogP contribution in [0.3, 0.4) is 0 Å². The highest BCUT2D eigenvalue weighted by molar-refractivity contribution is 9.10. The first-order chi connectivity index (χ1) is 19.2. The quantitative estimate of drug-likeness (QED) is 0.291. The number of sulfonamides is 1. The summed E-state index contributed by atoms with van der Waals surface area (Å²) < 4.78 is 29.7. The van der Waals surface area contributed by atoms with Gasteiger partial charge in [-0.25, -0.2) is 8.42 Å². The Morgan fingerprint density at radius 3 is 2.17 bits per heavy atom. The molecular formula is C31H36BrN3O4S. The maximum absolute atomic E-state index is 14.1. The van der Waals surface area contributed by atoms with Gasteiger partial charge >= 0.3 is 0 Å². The number of halogens is 1. The number of rotatable bonds is 11. The molecule has 1 N–H and O–H groups in total. The van der Waals surface area contributed by atoms with Crippen molar-refractivity contribution in [2.75, 3.05) is 10.8 Å². The van der Waals surface area contributed by atoms with Crippen molar-refractivity contribution in [2.45, 2.75) is 69.5 Å². The van der Waals surface area contributed by atoms with Gasteiger partial charge in [-0.2, -0.15) is 0 Å². The van der Waals surface area contributed by atoms with E-state index in [-0.39, 0.29) is 23.4 Å². The molecule has 3 aromatic rings. The second-order valence-corrected chi connectivity index (χ2v) is 13.0. The number of nitrogens with zero attached hydrogens (tertiary/aromatic N) is 2. The monoisotopic (exact) mass is 625 g/mol. The van der Waals surface area contributed by atoms with Crippen LogP contribution in [0.1, 0.15) is 50.2 Å². The molecule has 3 aromatic carbocycles. The zero-order valence-electron chi connectivity index (χ0n) is 22.9. The zero-order chi connectivity index (χ0) is 28.7. The molecule has 0 heterocycles.